The van der Waals surface area contributed by atoms with Gasteiger partial charge in [-0.1, -0.05) is 304 Å². The summed E-state index contributed by atoms with van der Waals surface area (Å²) in [6.07, 6.45) is 16.2. The molecule has 2 aliphatic heterocycles. The molecule has 0 saturated carbocycles. The third kappa shape index (κ3) is 39.0. The summed E-state index contributed by atoms with van der Waals surface area (Å²) in [7, 11) is -3.51. The van der Waals surface area contributed by atoms with E-state index in [1.54, 1.807) is 40.2 Å². The van der Waals surface area contributed by atoms with Crippen molar-refractivity contribution in [3.05, 3.63) is 239 Å². The molecular formula is C115H175IO19SSi5. The molecule has 26 heteroatoms. The molecule has 9 rings (SSSR count). The zero-order valence-electron chi connectivity index (χ0n) is 91.6. The number of esters is 2. The van der Waals surface area contributed by atoms with Crippen molar-refractivity contribution < 1.29 is 89.2 Å². The van der Waals surface area contributed by atoms with Gasteiger partial charge >= 0.3 is 11.9 Å². The first kappa shape index (κ1) is 122. The van der Waals surface area contributed by atoms with Crippen molar-refractivity contribution in [3.63, 3.8) is 0 Å². The Hall–Kier alpha value is -6.38. The van der Waals surface area contributed by atoms with E-state index in [2.05, 4.69) is 288 Å². The molecule has 0 bridgehead atoms. The van der Waals surface area contributed by atoms with Gasteiger partial charge in [-0.15, -0.1) is 11.8 Å². The van der Waals surface area contributed by atoms with Crippen LogP contribution in [0.4, 0.5) is 0 Å². The summed E-state index contributed by atoms with van der Waals surface area (Å²) in [5, 5.41) is 2.44. The summed E-state index contributed by atoms with van der Waals surface area (Å²) < 4.78 is 106. The molecule has 2 aliphatic rings. The first-order chi connectivity index (χ1) is 66.2. The fraction of sp³-hybridized carbons (Fsp3) is 0.565. The van der Waals surface area contributed by atoms with Gasteiger partial charge < -0.3 is 79.6 Å². The number of benzene rings is 7. The first-order valence-electron chi connectivity index (χ1n) is 50.6. The van der Waals surface area contributed by atoms with Gasteiger partial charge in [-0.25, -0.2) is 9.59 Å². The molecule has 7 aromatic rings. The fourth-order valence-corrected chi connectivity index (χ4v) is 26.2. The van der Waals surface area contributed by atoms with E-state index in [0.717, 1.165) is 92.0 Å². The van der Waals surface area contributed by atoms with Gasteiger partial charge in [0.1, 0.15) is 46.3 Å². The third-order valence-electron chi connectivity index (χ3n) is 26.8. The van der Waals surface area contributed by atoms with Crippen molar-refractivity contribution in [2.75, 3.05) is 72.9 Å². The van der Waals surface area contributed by atoms with E-state index in [0.29, 0.717) is 92.7 Å². The van der Waals surface area contributed by atoms with Crippen LogP contribution in [-0.4, -0.2) is 180 Å². The van der Waals surface area contributed by atoms with Gasteiger partial charge in [0.15, 0.2) is 41.8 Å². The second kappa shape index (κ2) is 56.7. The summed E-state index contributed by atoms with van der Waals surface area (Å²) in [4.78, 5) is 28.9. The summed E-state index contributed by atoms with van der Waals surface area (Å²) in [5.41, 5.74) is 6.79. The van der Waals surface area contributed by atoms with Crippen molar-refractivity contribution in [2.45, 2.75) is 334 Å². The zero-order chi connectivity index (χ0) is 104. The van der Waals surface area contributed by atoms with Crippen LogP contribution in [0.25, 0.3) is 6.08 Å². The smallest absolute Gasteiger partial charge is 0.342 e. The molecule has 0 amide bonds. The lowest BCUT2D eigenvalue weighted by Crippen LogP contribution is -2.67. The van der Waals surface area contributed by atoms with Crippen molar-refractivity contribution >= 4 is 104 Å². The lowest BCUT2D eigenvalue weighted by Gasteiger charge is -2.45. The van der Waals surface area contributed by atoms with Crippen molar-refractivity contribution in [3.8, 4) is 23.0 Å². The molecule has 141 heavy (non-hydrogen) atoms. The van der Waals surface area contributed by atoms with E-state index in [4.69, 9.17) is 79.6 Å². The second-order valence-electron chi connectivity index (χ2n) is 45.0. The van der Waals surface area contributed by atoms with Gasteiger partial charge in [-0.2, -0.15) is 0 Å². The monoisotopic (exact) mass is 2160 g/mol. The minimum atomic E-state index is -2.82. The fourth-order valence-electron chi connectivity index (χ4n) is 15.9. The van der Waals surface area contributed by atoms with E-state index in [1.807, 2.05) is 125 Å². The van der Waals surface area contributed by atoms with E-state index < -0.39 is 70.9 Å². The van der Waals surface area contributed by atoms with Gasteiger partial charge in [0.05, 0.1) is 65.1 Å². The molecular weight excluding hydrogens is 1980 g/mol. The van der Waals surface area contributed by atoms with Crippen molar-refractivity contribution in [1.29, 1.82) is 0 Å². The van der Waals surface area contributed by atoms with Gasteiger partial charge in [-0.3, -0.25) is 0 Å². The number of hydrogen-bond donors (Lipinski definition) is 0. The van der Waals surface area contributed by atoms with Crippen LogP contribution in [-0.2, 0) is 92.5 Å². The van der Waals surface area contributed by atoms with Gasteiger partial charge in [0.25, 0.3) is 8.32 Å². The predicted octanol–water partition coefficient (Wildman–Crippen LogP) is 28.0. The summed E-state index contributed by atoms with van der Waals surface area (Å²) in [6, 6.07) is 57.2. The Morgan fingerprint density at radius 2 is 0.894 bits per heavy atom. The molecule has 782 valence electrons. The van der Waals surface area contributed by atoms with Crippen LogP contribution in [0.2, 0.25) is 92.7 Å². The third-order valence-corrected chi connectivity index (χ3v) is 45.9. The number of methoxy groups -OCH3 is 4. The standard InChI is InChI=1S/C62H92O10Si3.C32H42O6SSi.C21H41IO3Si/c1-46(47(2)71-75(61(6,7)8,51-27-20-18-21-28-51)52-29-22-19-23-30-52)33-39-56(72-74(16,17)60(3,4)5)58-55(69-62(9,10)70-58)32-24-31-53-49(26-25-41-66-44-48-34-37-50(65-12)38-35-48)36-40-54(68-45-64-11)57(53)59(63)67-42-43-73(13,14)15;1-34-24-38-30-18-15-26(10-9-19-36-22-25-13-16-27(35-2)17-14-25)29(23-39-28-11-7-6-8-12-28)31(30)32(33)37-20-21-40(3,4)5;1-15(2)16(3)11-12-18(25-26(9,10)20(4,5)6)19-17(13-14-22)23-21(7,8)24-19/h18-24,27-31,33-40,46-47,55-56,58H,25-26,32,41-45H2,1-17H3;6-8,11-18H,9-10,19-24H2,1-5H3;11-12,15-19H,13-14H2,1-10H3/b31-24+,39-33-;;12-11-/t46-,47+,55+,56?,58+;;16-,17+,18?,19+/m1.1/s1. The van der Waals surface area contributed by atoms with Crippen molar-refractivity contribution in [1.82, 2.24) is 0 Å². The molecule has 2 heterocycles. The quantitative estimate of drug-likeness (QED) is 0.00511. The van der Waals surface area contributed by atoms with Crippen LogP contribution in [0.3, 0.4) is 0 Å². The normalized spacial score (nSPS) is 17.6. The van der Waals surface area contributed by atoms with E-state index >= 15 is 0 Å². The number of thioether (sulfide) groups is 1. The number of hydrogen-bond acceptors (Lipinski definition) is 20. The van der Waals surface area contributed by atoms with Crippen LogP contribution < -0.4 is 29.3 Å². The van der Waals surface area contributed by atoms with Crippen molar-refractivity contribution in [2.24, 2.45) is 17.8 Å². The largest absolute Gasteiger partial charge is 0.497 e. The van der Waals surface area contributed by atoms with Crippen LogP contribution in [0, 0.1) is 17.8 Å². The highest BCUT2D eigenvalue weighted by Crippen LogP contribution is 2.46. The maximum absolute atomic E-state index is 14.3. The average Bonchev–Trinajstić information content (AvgIpc) is 1.50. The number of halogens is 1. The number of carbonyl (C=O) groups is 2. The second-order valence-corrected chi connectivity index (χ2v) is 72.1. The Bertz CT molecular complexity index is 4910. The highest BCUT2D eigenvalue weighted by atomic mass is 127. The molecule has 0 aliphatic carbocycles. The SMILES string of the molecule is CC(C)[C@H](C)/C=C\C(O[Si](C)(C)C(C)(C)C)[C@H]1OC(C)(C)O[C@H]1CCI.COCOc1ccc(CCCOCc2ccc(OC)cc2)c(/C=C/C[C@@H]2OC(C)(C)O[C@@H]2C(/C=C\[C@@H](C)[C@H](C)O[Si](c2ccccc2)(c2ccccc2)C(C)(C)C)O[Si](C)(C)C(C)(C)C)c1C(=O)OCC[Si](C)(C)C.COCOc1ccc(CCCOCc2ccc(OC)cc2)c(CSc2ccccc2)c1C(=O)OCC[Si](C)(C)C. The maximum atomic E-state index is 14.3. The van der Waals surface area contributed by atoms with Gasteiger partial charge in [0, 0.05) is 64.8 Å². The molecule has 0 radical (unpaired) electrons. The molecule has 0 aromatic heterocycles. The average molecular weight is 2160 g/mol. The Labute approximate surface area is 872 Å². The Kier molecular flexibility index (Phi) is 48.9. The Balaban J connectivity index is 0.000000338. The summed E-state index contributed by atoms with van der Waals surface area (Å²) >= 11 is 4.11. The minimum Gasteiger partial charge on any atom is -0.497 e. The molecule has 0 spiro atoms. The number of ether oxygens (including phenoxy) is 14. The molecule has 2 unspecified atom stereocenters. The van der Waals surface area contributed by atoms with Crippen LogP contribution in [0.15, 0.2) is 199 Å². The number of allylic oxidation sites excluding steroid dienone is 1. The lowest BCUT2D eigenvalue weighted by atomic mass is 9.95. The zero-order valence-corrected chi connectivity index (χ0v) is 99.6. The first-order valence-corrected chi connectivity index (χ1v) is 68.3. The highest BCUT2D eigenvalue weighted by molar-refractivity contribution is 14.1. The number of alkyl halides is 1. The summed E-state index contributed by atoms with van der Waals surface area (Å²) in [6.45, 7) is 65.6. The molecule has 9 atom stereocenters. The molecule has 7 aromatic carbocycles. The van der Waals surface area contributed by atoms with Crippen LogP contribution in [0.1, 0.15) is 204 Å². The van der Waals surface area contributed by atoms with Crippen LogP contribution in [0.5, 0.6) is 23.0 Å². The maximum Gasteiger partial charge on any atom is 0.342 e. The van der Waals surface area contributed by atoms with E-state index in [9.17, 15) is 9.59 Å². The van der Waals surface area contributed by atoms with Gasteiger partial charge in [0.2, 0.25) is 0 Å². The molecule has 2 fully saturated rings. The Morgan fingerprint density at radius 3 is 1.32 bits per heavy atom. The molecule has 19 nitrogen and oxygen atoms in total. The number of rotatable bonds is 52. The van der Waals surface area contributed by atoms with E-state index in [1.165, 1.54) is 10.4 Å². The highest BCUT2D eigenvalue weighted by Gasteiger charge is 2.53. The number of carbonyl (C=O) groups excluding carboxylic acids is 2. The topological polar surface area (TPSA) is 191 Å². The van der Waals surface area contributed by atoms with E-state index in [-0.39, 0.29) is 71.1 Å². The number of aryl methyl sites for hydroxylation is 2. The Morgan fingerprint density at radius 1 is 0.475 bits per heavy atom. The predicted molar refractivity (Wildman–Crippen MR) is 601 cm³/mol. The molecule has 0 N–H and O–H groups in total. The van der Waals surface area contributed by atoms with Crippen LogP contribution >= 0.6 is 34.4 Å². The molecule has 2 saturated heterocycles. The van der Waals surface area contributed by atoms with Gasteiger partial charge in [-0.05, 0) is 237 Å². The summed E-state index contributed by atoms with van der Waals surface area (Å²) in [5.74, 6) is 2.11. The minimum absolute atomic E-state index is 0.0208. The lowest BCUT2D eigenvalue weighted by molar-refractivity contribution is -0.152.